The van der Waals surface area contributed by atoms with Crippen LogP contribution in [-0.4, -0.2) is 39.0 Å². The fourth-order valence-corrected chi connectivity index (χ4v) is 3.18. The first-order valence-corrected chi connectivity index (χ1v) is 8.26. The minimum absolute atomic E-state index is 0.291. The van der Waals surface area contributed by atoms with Gasteiger partial charge >= 0.3 is 0 Å². The van der Waals surface area contributed by atoms with Crippen LogP contribution in [0.15, 0.2) is 30.3 Å². The van der Waals surface area contributed by atoms with E-state index in [1.54, 1.807) is 0 Å². The number of benzene rings is 1. The van der Waals surface area contributed by atoms with Gasteiger partial charge in [0.2, 0.25) is 0 Å². The highest BCUT2D eigenvalue weighted by Gasteiger charge is 2.30. The second-order valence-electron chi connectivity index (χ2n) is 5.84. The van der Waals surface area contributed by atoms with Crippen molar-refractivity contribution in [1.82, 2.24) is 5.32 Å². The molecule has 1 fully saturated rings. The van der Waals surface area contributed by atoms with Gasteiger partial charge in [0, 0.05) is 12.6 Å². The van der Waals surface area contributed by atoms with Crippen LogP contribution in [0.2, 0.25) is 0 Å². The van der Waals surface area contributed by atoms with Crippen LogP contribution in [-0.2, 0) is 9.47 Å². The zero-order chi connectivity index (χ0) is 14.9. The molecule has 21 heavy (non-hydrogen) atoms. The van der Waals surface area contributed by atoms with Gasteiger partial charge in [0.05, 0.1) is 19.3 Å². The quantitative estimate of drug-likeness (QED) is 0.745. The standard InChI is InChI=1S/C18H29NO2/c1-3-11-20-12-13-21-18-14-16(9-10-17(18)19-2)15-7-5-4-6-8-15/h4-8,16-19H,3,9-14H2,1-2H3. The van der Waals surface area contributed by atoms with Gasteiger partial charge in [0.25, 0.3) is 0 Å². The average Bonchev–Trinajstić information content (AvgIpc) is 2.55. The van der Waals surface area contributed by atoms with Crippen molar-refractivity contribution in [2.75, 3.05) is 26.9 Å². The Bertz CT molecular complexity index is 382. The first-order chi connectivity index (χ1) is 10.3. The van der Waals surface area contributed by atoms with Crippen LogP contribution in [0.3, 0.4) is 0 Å². The second-order valence-corrected chi connectivity index (χ2v) is 5.84. The zero-order valence-electron chi connectivity index (χ0n) is 13.4. The van der Waals surface area contributed by atoms with Crippen LogP contribution in [0, 0.1) is 0 Å². The molecule has 0 amide bonds. The number of likely N-dealkylation sites (N-methyl/N-ethyl adjacent to an activating group) is 1. The molecule has 0 heterocycles. The Balaban J connectivity index is 1.84. The molecule has 1 aliphatic carbocycles. The molecule has 0 aromatic heterocycles. The molecule has 1 aromatic carbocycles. The van der Waals surface area contributed by atoms with E-state index in [9.17, 15) is 0 Å². The van der Waals surface area contributed by atoms with Crippen molar-refractivity contribution < 1.29 is 9.47 Å². The smallest absolute Gasteiger partial charge is 0.0734 e. The van der Waals surface area contributed by atoms with Gasteiger partial charge < -0.3 is 14.8 Å². The summed E-state index contributed by atoms with van der Waals surface area (Å²) in [4.78, 5) is 0. The number of hydrogen-bond donors (Lipinski definition) is 1. The average molecular weight is 291 g/mol. The Labute approximate surface area is 129 Å². The van der Waals surface area contributed by atoms with E-state index >= 15 is 0 Å². The maximum Gasteiger partial charge on any atom is 0.0734 e. The minimum atomic E-state index is 0.291. The van der Waals surface area contributed by atoms with Crippen LogP contribution in [0.1, 0.15) is 44.1 Å². The summed E-state index contributed by atoms with van der Waals surface area (Å²) in [5.74, 6) is 0.623. The molecule has 0 aliphatic heterocycles. The van der Waals surface area contributed by atoms with Gasteiger partial charge in [-0.15, -0.1) is 0 Å². The normalized spacial score (nSPS) is 25.9. The monoisotopic (exact) mass is 291 g/mol. The van der Waals surface area contributed by atoms with E-state index in [1.165, 1.54) is 18.4 Å². The maximum absolute atomic E-state index is 6.10. The van der Waals surface area contributed by atoms with E-state index in [2.05, 4.69) is 42.6 Å². The number of hydrogen-bond acceptors (Lipinski definition) is 3. The molecule has 0 bridgehead atoms. The predicted molar refractivity (Wildman–Crippen MR) is 86.7 cm³/mol. The van der Waals surface area contributed by atoms with E-state index in [0.717, 1.165) is 19.4 Å². The molecule has 1 aliphatic rings. The molecule has 3 atom stereocenters. The Morgan fingerprint density at radius 1 is 1.10 bits per heavy atom. The molecule has 1 aromatic rings. The van der Waals surface area contributed by atoms with E-state index in [0.29, 0.717) is 31.3 Å². The van der Waals surface area contributed by atoms with Crippen molar-refractivity contribution in [2.24, 2.45) is 0 Å². The summed E-state index contributed by atoms with van der Waals surface area (Å²) < 4.78 is 11.6. The molecular formula is C18H29NO2. The molecule has 0 saturated heterocycles. The fraction of sp³-hybridized carbons (Fsp3) is 0.667. The van der Waals surface area contributed by atoms with Crippen molar-refractivity contribution in [3.05, 3.63) is 35.9 Å². The van der Waals surface area contributed by atoms with Crippen LogP contribution in [0.4, 0.5) is 0 Å². The molecule has 0 radical (unpaired) electrons. The zero-order valence-corrected chi connectivity index (χ0v) is 13.4. The van der Waals surface area contributed by atoms with Crippen molar-refractivity contribution in [1.29, 1.82) is 0 Å². The van der Waals surface area contributed by atoms with E-state index in [4.69, 9.17) is 9.47 Å². The Morgan fingerprint density at radius 2 is 1.90 bits per heavy atom. The summed E-state index contributed by atoms with van der Waals surface area (Å²) in [5, 5.41) is 3.41. The van der Waals surface area contributed by atoms with Crippen LogP contribution < -0.4 is 5.32 Å². The first kappa shape index (κ1) is 16.5. The second kappa shape index (κ2) is 9.19. The van der Waals surface area contributed by atoms with E-state index in [-0.39, 0.29) is 0 Å². The van der Waals surface area contributed by atoms with Crippen LogP contribution >= 0.6 is 0 Å². The third kappa shape index (κ3) is 5.10. The summed E-state index contributed by atoms with van der Waals surface area (Å²) in [6.45, 7) is 4.36. The molecular weight excluding hydrogens is 262 g/mol. The third-order valence-electron chi connectivity index (χ3n) is 4.34. The van der Waals surface area contributed by atoms with Crippen molar-refractivity contribution in [3.8, 4) is 0 Å². The Morgan fingerprint density at radius 3 is 2.62 bits per heavy atom. The highest BCUT2D eigenvalue weighted by atomic mass is 16.5. The first-order valence-electron chi connectivity index (χ1n) is 8.26. The highest BCUT2D eigenvalue weighted by Crippen LogP contribution is 2.34. The SMILES string of the molecule is CCCOCCOC1CC(c2ccccc2)CCC1NC. The molecule has 3 nitrogen and oxygen atoms in total. The van der Waals surface area contributed by atoms with Gasteiger partial charge in [-0.05, 0) is 44.2 Å². The summed E-state index contributed by atoms with van der Waals surface area (Å²) in [6.07, 6.45) is 4.87. The Kier molecular flexibility index (Phi) is 7.20. The molecule has 2 rings (SSSR count). The number of rotatable bonds is 8. The fourth-order valence-electron chi connectivity index (χ4n) is 3.18. The van der Waals surface area contributed by atoms with Gasteiger partial charge in [-0.25, -0.2) is 0 Å². The van der Waals surface area contributed by atoms with Gasteiger partial charge in [0.1, 0.15) is 0 Å². The molecule has 3 heteroatoms. The molecule has 1 N–H and O–H groups in total. The topological polar surface area (TPSA) is 30.5 Å². The van der Waals surface area contributed by atoms with Crippen LogP contribution in [0.5, 0.6) is 0 Å². The van der Waals surface area contributed by atoms with Gasteiger partial charge in [-0.3, -0.25) is 0 Å². The molecule has 1 saturated carbocycles. The Hall–Kier alpha value is -0.900. The van der Waals surface area contributed by atoms with Crippen molar-refractivity contribution >= 4 is 0 Å². The lowest BCUT2D eigenvalue weighted by molar-refractivity contribution is -0.0279. The van der Waals surface area contributed by atoms with Gasteiger partial charge in [0.15, 0.2) is 0 Å². The molecule has 0 spiro atoms. The largest absolute Gasteiger partial charge is 0.379 e. The molecule has 118 valence electrons. The lowest BCUT2D eigenvalue weighted by Crippen LogP contribution is -2.44. The third-order valence-corrected chi connectivity index (χ3v) is 4.34. The number of nitrogens with one attached hydrogen (secondary N) is 1. The van der Waals surface area contributed by atoms with E-state index < -0.39 is 0 Å². The number of ether oxygens (including phenoxy) is 2. The maximum atomic E-state index is 6.10. The van der Waals surface area contributed by atoms with Gasteiger partial charge in [-0.1, -0.05) is 37.3 Å². The van der Waals surface area contributed by atoms with Gasteiger partial charge in [-0.2, -0.15) is 0 Å². The van der Waals surface area contributed by atoms with Crippen molar-refractivity contribution in [3.63, 3.8) is 0 Å². The summed E-state index contributed by atoms with van der Waals surface area (Å²) in [7, 11) is 2.04. The minimum Gasteiger partial charge on any atom is -0.379 e. The van der Waals surface area contributed by atoms with Crippen LogP contribution in [0.25, 0.3) is 0 Å². The summed E-state index contributed by atoms with van der Waals surface area (Å²) >= 11 is 0. The summed E-state index contributed by atoms with van der Waals surface area (Å²) in [6, 6.07) is 11.3. The predicted octanol–water partition coefficient (Wildman–Crippen LogP) is 3.35. The molecule has 3 unspecified atom stereocenters. The highest BCUT2D eigenvalue weighted by molar-refractivity contribution is 5.20. The summed E-state index contributed by atoms with van der Waals surface area (Å²) in [5.41, 5.74) is 1.45. The van der Waals surface area contributed by atoms with E-state index in [1.807, 2.05) is 7.05 Å². The lowest BCUT2D eigenvalue weighted by Gasteiger charge is -2.36. The van der Waals surface area contributed by atoms with Crippen molar-refractivity contribution in [2.45, 2.75) is 50.7 Å². The lowest BCUT2D eigenvalue weighted by atomic mass is 9.80.